The molecule has 7 nitrogen and oxygen atoms in total. The van der Waals surface area contributed by atoms with Gasteiger partial charge in [0.2, 0.25) is 0 Å². The van der Waals surface area contributed by atoms with Crippen LogP contribution in [0.3, 0.4) is 0 Å². The second-order valence-electron chi connectivity index (χ2n) is 5.67. The summed E-state index contributed by atoms with van der Waals surface area (Å²) < 4.78 is 4.10. The molecular weight excluding hydrogens is 278 g/mol. The highest BCUT2D eigenvalue weighted by Crippen LogP contribution is 2.12. The molecule has 0 spiro atoms. The highest BCUT2D eigenvalue weighted by molar-refractivity contribution is 5.79. The number of rotatable bonds is 3. The average Bonchev–Trinajstić information content (AvgIpc) is 3.07. The van der Waals surface area contributed by atoms with Gasteiger partial charge in [0, 0.05) is 38.4 Å². The van der Waals surface area contributed by atoms with E-state index in [1.165, 1.54) is 5.69 Å². The summed E-state index contributed by atoms with van der Waals surface area (Å²) in [6, 6.07) is 4.47. The highest BCUT2D eigenvalue weighted by Gasteiger charge is 2.21. The van der Waals surface area contributed by atoms with Gasteiger partial charge < -0.3 is 15.2 Å². The van der Waals surface area contributed by atoms with Crippen LogP contribution in [0.5, 0.6) is 0 Å². The van der Waals surface area contributed by atoms with Crippen molar-refractivity contribution in [1.29, 1.82) is 0 Å². The lowest BCUT2D eigenvalue weighted by atomic mass is 10.1. The topological polar surface area (TPSA) is 72.1 Å². The Hall–Kier alpha value is -2.31. The summed E-state index contributed by atoms with van der Waals surface area (Å²) in [5.41, 5.74) is 1.22. The molecule has 2 aromatic rings. The van der Waals surface area contributed by atoms with Crippen LogP contribution in [0.25, 0.3) is 0 Å². The molecule has 1 aliphatic heterocycles. The minimum atomic E-state index is 0.327. The van der Waals surface area contributed by atoms with Crippen LogP contribution in [0, 0.1) is 6.92 Å². The zero-order valence-corrected chi connectivity index (χ0v) is 13.4. The third-order valence-electron chi connectivity index (χ3n) is 4.02. The van der Waals surface area contributed by atoms with Gasteiger partial charge in [-0.05, 0) is 25.5 Å². The molecular formula is C15H23N7. The number of aromatic nitrogens is 4. The molecule has 3 rings (SSSR count). The second kappa shape index (κ2) is 6.21. The van der Waals surface area contributed by atoms with Gasteiger partial charge in [0.05, 0.1) is 13.1 Å². The summed E-state index contributed by atoms with van der Waals surface area (Å²) in [7, 11) is 3.84. The van der Waals surface area contributed by atoms with E-state index in [0.29, 0.717) is 6.04 Å². The first-order valence-electron chi connectivity index (χ1n) is 7.63. The molecule has 0 radical (unpaired) electrons. The molecule has 2 aromatic heterocycles. The Morgan fingerprint density at radius 2 is 2.36 bits per heavy atom. The summed E-state index contributed by atoms with van der Waals surface area (Å²) in [5, 5.41) is 11.3. The van der Waals surface area contributed by atoms with Crippen molar-refractivity contribution in [3.8, 4) is 0 Å². The number of guanidine groups is 1. The number of fused-ring (bicyclic) bond motifs is 1. The number of nitrogens with one attached hydrogen (secondary N) is 2. The first-order chi connectivity index (χ1) is 10.7. The molecule has 1 aliphatic rings. The van der Waals surface area contributed by atoms with E-state index in [-0.39, 0.29) is 0 Å². The fraction of sp³-hybridized carbons (Fsp3) is 0.533. The largest absolute Gasteiger partial charge is 0.353 e. The lowest BCUT2D eigenvalue weighted by molar-refractivity contribution is 0.392. The Balaban J connectivity index is 1.56. The predicted molar refractivity (Wildman–Crippen MR) is 85.6 cm³/mol. The van der Waals surface area contributed by atoms with Crippen LogP contribution in [-0.4, -0.2) is 38.4 Å². The fourth-order valence-corrected chi connectivity index (χ4v) is 2.79. The smallest absolute Gasteiger partial charge is 0.191 e. The third-order valence-corrected chi connectivity index (χ3v) is 4.02. The van der Waals surface area contributed by atoms with E-state index in [1.807, 2.05) is 30.9 Å². The van der Waals surface area contributed by atoms with Crippen molar-refractivity contribution < 1.29 is 0 Å². The molecule has 2 N–H and O–H groups in total. The Morgan fingerprint density at radius 3 is 3.09 bits per heavy atom. The predicted octanol–water partition coefficient (Wildman–Crippen LogP) is 0.605. The molecule has 0 aromatic carbocycles. The summed E-state index contributed by atoms with van der Waals surface area (Å²) in [6.07, 6.45) is 4.04. The lowest BCUT2D eigenvalue weighted by Gasteiger charge is -2.25. The summed E-state index contributed by atoms with van der Waals surface area (Å²) in [5.74, 6) is 2.76. The second-order valence-corrected chi connectivity index (χ2v) is 5.67. The molecule has 1 unspecified atom stereocenters. The quantitative estimate of drug-likeness (QED) is 0.643. The van der Waals surface area contributed by atoms with Crippen molar-refractivity contribution in [3.05, 3.63) is 35.7 Å². The average molecular weight is 301 g/mol. The molecule has 0 fully saturated rings. The molecule has 0 saturated carbocycles. The normalized spacial score (nSPS) is 18.1. The van der Waals surface area contributed by atoms with Crippen molar-refractivity contribution in [2.75, 3.05) is 7.05 Å². The van der Waals surface area contributed by atoms with Gasteiger partial charge in [0.25, 0.3) is 0 Å². The van der Waals surface area contributed by atoms with Crippen molar-refractivity contribution in [3.63, 3.8) is 0 Å². The molecule has 0 amide bonds. The van der Waals surface area contributed by atoms with Crippen molar-refractivity contribution in [2.24, 2.45) is 12.0 Å². The Labute approximate surface area is 130 Å². The zero-order chi connectivity index (χ0) is 15.5. The van der Waals surface area contributed by atoms with Gasteiger partial charge >= 0.3 is 0 Å². The van der Waals surface area contributed by atoms with Crippen LogP contribution in [0.4, 0.5) is 0 Å². The number of hydrogen-bond donors (Lipinski definition) is 2. The van der Waals surface area contributed by atoms with Crippen molar-refractivity contribution >= 4 is 5.96 Å². The molecule has 0 saturated heterocycles. The van der Waals surface area contributed by atoms with Crippen molar-refractivity contribution in [1.82, 2.24) is 30.0 Å². The SMILES string of the molecule is CN=C(NCc1cccn1C)NC1CCc2nc(C)nn2C1. The minimum absolute atomic E-state index is 0.327. The molecule has 118 valence electrons. The van der Waals surface area contributed by atoms with Crippen LogP contribution in [0.15, 0.2) is 23.3 Å². The van der Waals surface area contributed by atoms with Crippen LogP contribution in [0.2, 0.25) is 0 Å². The van der Waals surface area contributed by atoms with Crippen LogP contribution in [0.1, 0.15) is 23.8 Å². The maximum Gasteiger partial charge on any atom is 0.191 e. The van der Waals surface area contributed by atoms with Gasteiger partial charge in [-0.1, -0.05) is 0 Å². The Kier molecular flexibility index (Phi) is 4.13. The number of hydrogen-bond acceptors (Lipinski definition) is 3. The van der Waals surface area contributed by atoms with Crippen LogP contribution in [-0.2, 0) is 26.6 Å². The Morgan fingerprint density at radius 1 is 1.50 bits per heavy atom. The maximum absolute atomic E-state index is 4.44. The minimum Gasteiger partial charge on any atom is -0.353 e. The first-order valence-corrected chi connectivity index (χ1v) is 7.63. The van der Waals surface area contributed by atoms with Crippen LogP contribution >= 0.6 is 0 Å². The van der Waals surface area contributed by atoms with E-state index in [2.05, 4.69) is 36.3 Å². The molecule has 0 bridgehead atoms. The van der Waals surface area contributed by atoms with E-state index in [4.69, 9.17) is 0 Å². The summed E-state index contributed by atoms with van der Waals surface area (Å²) >= 11 is 0. The van der Waals surface area contributed by atoms with E-state index >= 15 is 0 Å². The van der Waals surface area contributed by atoms with E-state index < -0.39 is 0 Å². The third kappa shape index (κ3) is 3.13. The van der Waals surface area contributed by atoms with Gasteiger partial charge in [-0.25, -0.2) is 9.67 Å². The Bertz CT molecular complexity index is 667. The van der Waals surface area contributed by atoms with E-state index in [9.17, 15) is 0 Å². The number of aliphatic imine (C=N–C) groups is 1. The summed E-state index contributed by atoms with van der Waals surface area (Å²) in [4.78, 5) is 8.75. The van der Waals surface area contributed by atoms with Gasteiger partial charge in [0.1, 0.15) is 11.6 Å². The highest BCUT2D eigenvalue weighted by atomic mass is 15.4. The van der Waals surface area contributed by atoms with Gasteiger partial charge in [-0.3, -0.25) is 4.99 Å². The fourth-order valence-electron chi connectivity index (χ4n) is 2.79. The van der Waals surface area contributed by atoms with E-state index in [0.717, 1.165) is 43.5 Å². The monoisotopic (exact) mass is 301 g/mol. The molecule has 1 atom stereocenters. The van der Waals surface area contributed by atoms with Gasteiger partial charge in [-0.15, -0.1) is 0 Å². The maximum atomic E-state index is 4.44. The molecule has 7 heteroatoms. The van der Waals surface area contributed by atoms with Gasteiger partial charge in [0.15, 0.2) is 5.96 Å². The lowest BCUT2D eigenvalue weighted by Crippen LogP contribution is -2.46. The zero-order valence-electron chi connectivity index (χ0n) is 13.4. The van der Waals surface area contributed by atoms with Gasteiger partial charge in [-0.2, -0.15) is 5.10 Å². The standard InChI is InChI=1S/C15H23N7/c1-11-18-14-7-6-12(10-22(14)20-11)19-15(16-2)17-9-13-5-4-8-21(13)3/h4-5,8,12H,6-7,9-10H2,1-3H3,(H2,16,17,19). The summed E-state index contributed by atoms with van der Waals surface area (Å²) in [6.45, 7) is 3.53. The van der Waals surface area contributed by atoms with Crippen LogP contribution < -0.4 is 10.6 Å². The first kappa shape index (κ1) is 14.6. The molecule has 0 aliphatic carbocycles. The number of nitrogens with zero attached hydrogens (tertiary/aromatic N) is 5. The number of aryl methyl sites for hydroxylation is 3. The van der Waals surface area contributed by atoms with Crippen molar-refractivity contribution in [2.45, 2.75) is 38.9 Å². The molecule has 3 heterocycles. The van der Waals surface area contributed by atoms with E-state index in [1.54, 1.807) is 7.05 Å². The molecule has 22 heavy (non-hydrogen) atoms.